The molecule has 2 aromatic heterocycles. The van der Waals surface area contributed by atoms with E-state index in [0.717, 1.165) is 42.0 Å². The minimum Gasteiger partial charge on any atom is -0.390 e. The summed E-state index contributed by atoms with van der Waals surface area (Å²) in [4.78, 5) is 11.2. The second-order valence-electron chi connectivity index (χ2n) is 5.27. The number of aliphatic hydroxyl groups is 1. The molecule has 0 fully saturated rings. The molecule has 1 aromatic carbocycles. The van der Waals surface area contributed by atoms with Crippen LogP contribution in [0.15, 0.2) is 42.7 Å². The van der Waals surface area contributed by atoms with Crippen LogP contribution in [-0.2, 0) is 19.7 Å². The van der Waals surface area contributed by atoms with Crippen LogP contribution in [0.3, 0.4) is 0 Å². The van der Waals surface area contributed by atoms with E-state index in [2.05, 4.69) is 25.5 Å². The van der Waals surface area contributed by atoms with Crippen LogP contribution in [0.1, 0.15) is 11.5 Å². The third kappa shape index (κ3) is 2.06. The molecule has 0 amide bonds. The van der Waals surface area contributed by atoms with Crippen LogP contribution < -0.4 is 4.90 Å². The molecule has 4 rings (SSSR count). The molecule has 0 unspecified atom stereocenters. The lowest BCUT2D eigenvalue weighted by Gasteiger charge is -2.30. The quantitative estimate of drug-likeness (QED) is 0.779. The largest absolute Gasteiger partial charge is 0.390 e. The molecule has 0 saturated heterocycles. The van der Waals surface area contributed by atoms with Gasteiger partial charge in [-0.05, 0) is 12.1 Å². The van der Waals surface area contributed by atoms with E-state index < -0.39 is 0 Å². The van der Waals surface area contributed by atoms with Gasteiger partial charge in [0.05, 0.1) is 24.4 Å². The number of pyridine rings is 1. The van der Waals surface area contributed by atoms with Crippen molar-refractivity contribution in [2.45, 2.75) is 19.7 Å². The normalized spacial score (nSPS) is 14.4. The molecule has 0 radical (unpaired) electrons. The van der Waals surface area contributed by atoms with Crippen LogP contribution in [-0.4, -0.2) is 26.2 Å². The molecule has 5 nitrogen and oxygen atoms in total. The number of fused-ring (bicyclic) bond motifs is 2. The van der Waals surface area contributed by atoms with Gasteiger partial charge in [0, 0.05) is 36.6 Å². The van der Waals surface area contributed by atoms with E-state index in [0.29, 0.717) is 5.69 Å². The highest BCUT2D eigenvalue weighted by Gasteiger charge is 2.19. The Bertz CT molecular complexity index is 796. The van der Waals surface area contributed by atoms with E-state index >= 15 is 0 Å². The first kappa shape index (κ1) is 12.3. The number of hydrogen-bond donors (Lipinski definition) is 1. The zero-order valence-corrected chi connectivity index (χ0v) is 11.6. The summed E-state index contributed by atoms with van der Waals surface area (Å²) in [6.45, 7) is 2.61. The Kier molecular flexibility index (Phi) is 2.86. The van der Waals surface area contributed by atoms with Gasteiger partial charge in [-0.3, -0.25) is 4.98 Å². The van der Waals surface area contributed by atoms with Gasteiger partial charge in [0.1, 0.15) is 5.82 Å². The summed E-state index contributed by atoms with van der Waals surface area (Å²) in [6.07, 6.45) is 3.87. The summed E-state index contributed by atoms with van der Waals surface area (Å²) in [5.74, 6) is 1.08. The van der Waals surface area contributed by atoms with Gasteiger partial charge in [-0.2, -0.15) is 0 Å². The molecule has 0 atom stereocenters. The molecule has 5 heteroatoms. The molecule has 21 heavy (non-hydrogen) atoms. The molecule has 0 bridgehead atoms. The molecule has 1 N–H and O–H groups in total. The number of hydrogen-bond acceptors (Lipinski definition) is 4. The lowest BCUT2D eigenvalue weighted by Crippen LogP contribution is -2.33. The zero-order valence-electron chi connectivity index (χ0n) is 11.6. The van der Waals surface area contributed by atoms with Crippen molar-refractivity contribution in [3.8, 4) is 0 Å². The van der Waals surface area contributed by atoms with E-state index in [4.69, 9.17) is 0 Å². The second kappa shape index (κ2) is 4.86. The Morgan fingerprint density at radius 1 is 1.19 bits per heavy atom. The first-order valence-electron chi connectivity index (χ1n) is 7.09. The Balaban J connectivity index is 1.83. The molecular formula is C16H16N4O. The predicted octanol–water partition coefficient (Wildman–Crippen LogP) is 1.94. The van der Waals surface area contributed by atoms with Crippen molar-refractivity contribution in [2.24, 2.45) is 0 Å². The summed E-state index contributed by atoms with van der Waals surface area (Å²) in [7, 11) is 0. The monoisotopic (exact) mass is 280 g/mol. The third-order valence-electron chi connectivity index (χ3n) is 3.99. The smallest absolute Gasteiger partial charge is 0.128 e. The second-order valence-corrected chi connectivity index (χ2v) is 5.27. The molecule has 3 aromatic rings. The Labute approximate surface area is 122 Å². The fraction of sp³-hybridized carbons (Fsp3) is 0.250. The highest BCUT2D eigenvalue weighted by molar-refractivity contribution is 5.92. The van der Waals surface area contributed by atoms with E-state index in [9.17, 15) is 5.11 Å². The maximum atomic E-state index is 9.45. The van der Waals surface area contributed by atoms with Crippen LogP contribution in [0.25, 0.3) is 10.9 Å². The Morgan fingerprint density at radius 3 is 3.00 bits per heavy atom. The van der Waals surface area contributed by atoms with Gasteiger partial charge < -0.3 is 14.6 Å². The molecule has 1 aliphatic heterocycles. The minimum atomic E-state index is -0.0414. The summed E-state index contributed by atoms with van der Waals surface area (Å²) < 4.78 is 2.19. The molecule has 106 valence electrons. The Hall–Kier alpha value is -2.40. The summed E-state index contributed by atoms with van der Waals surface area (Å²) in [5, 5.41) is 10.6. The van der Waals surface area contributed by atoms with Crippen molar-refractivity contribution in [1.29, 1.82) is 0 Å². The number of benzene rings is 1. The highest BCUT2D eigenvalue weighted by atomic mass is 16.3. The molecule has 0 aliphatic carbocycles. The fourth-order valence-electron chi connectivity index (χ4n) is 2.93. The zero-order chi connectivity index (χ0) is 14.2. The number of nitrogens with zero attached hydrogens (tertiary/aromatic N) is 4. The molecule has 1 aliphatic rings. The van der Waals surface area contributed by atoms with Gasteiger partial charge >= 0.3 is 0 Å². The maximum Gasteiger partial charge on any atom is 0.128 e. The number of aliphatic hydroxyl groups excluding tert-OH is 1. The van der Waals surface area contributed by atoms with Crippen molar-refractivity contribution in [3.05, 3.63) is 54.2 Å². The first-order chi connectivity index (χ1) is 10.3. The van der Waals surface area contributed by atoms with Gasteiger partial charge in [-0.25, -0.2) is 4.98 Å². The summed E-state index contributed by atoms with van der Waals surface area (Å²) in [5.41, 5.74) is 2.75. The van der Waals surface area contributed by atoms with Crippen LogP contribution in [0.2, 0.25) is 0 Å². The average Bonchev–Trinajstić information content (AvgIpc) is 3.01. The SMILES string of the molecule is OCc1cc(N2CCn3ccnc3C2)c2ccccc2n1. The average molecular weight is 280 g/mol. The van der Waals surface area contributed by atoms with Gasteiger partial charge in [0.2, 0.25) is 0 Å². The van der Waals surface area contributed by atoms with E-state index in [1.54, 1.807) is 0 Å². The minimum absolute atomic E-state index is 0.0414. The van der Waals surface area contributed by atoms with Crippen molar-refractivity contribution in [1.82, 2.24) is 14.5 Å². The molecule has 0 saturated carbocycles. The van der Waals surface area contributed by atoms with Crippen LogP contribution >= 0.6 is 0 Å². The maximum absolute atomic E-state index is 9.45. The van der Waals surface area contributed by atoms with Crippen molar-refractivity contribution in [2.75, 3.05) is 11.4 Å². The summed E-state index contributed by atoms with van der Waals surface area (Å²) >= 11 is 0. The fourth-order valence-corrected chi connectivity index (χ4v) is 2.93. The number of imidazole rings is 1. The third-order valence-corrected chi connectivity index (χ3v) is 3.99. The molecular weight excluding hydrogens is 264 g/mol. The van der Waals surface area contributed by atoms with E-state index in [1.807, 2.05) is 36.7 Å². The van der Waals surface area contributed by atoms with Gasteiger partial charge in [0.25, 0.3) is 0 Å². The molecule has 0 spiro atoms. The number of para-hydroxylation sites is 1. The van der Waals surface area contributed by atoms with E-state index in [-0.39, 0.29) is 6.61 Å². The molecule has 3 heterocycles. The predicted molar refractivity (Wildman–Crippen MR) is 80.9 cm³/mol. The lowest BCUT2D eigenvalue weighted by molar-refractivity contribution is 0.277. The lowest BCUT2D eigenvalue weighted by atomic mass is 10.1. The standard InChI is InChI=1S/C16H16N4O/c21-11-12-9-15(13-3-1-2-4-14(13)18-12)20-8-7-19-6-5-17-16(19)10-20/h1-6,9,21H,7-8,10-11H2. The van der Waals surface area contributed by atoms with Crippen LogP contribution in [0.4, 0.5) is 5.69 Å². The van der Waals surface area contributed by atoms with Gasteiger partial charge in [0.15, 0.2) is 0 Å². The number of aromatic nitrogens is 3. The van der Waals surface area contributed by atoms with Gasteiger partial charge in [-0.1, -0.05) is 18.2 Å². The van der Waals surface area contributed by atoms with Crippen molar-refractivity contribution in [3.63, 3.8) is 0 Å². The summed E-state index contributed by atoms with van der Waals surface area (Å²) in [6, 6.07) is 10.1. The first-order valence-corrected chi connectivity index (χ1v) is 7.09. The number of anilines is 1. The van der Waals surface area contributed by atoms with Gasteiger partial charge in [-0.15, -0.1) is 0 Å². The van der Waals surface area contributed by atoms with Crippen molar-refractivity contribution >= 4 is 16.6 Å². The van der Waals surface area contributed by atoms with Crippen molar-refractivity contribution < 1.29 is 5.11 Å². The topological polar surface area (TPSA) is 54.2 Å². The van der Waals surface area contributed by atoms with Crippen LogP contribution in [0, 0.1) is 0 Å². The van der Waals surface area contributed by atoms with Crippen LogP contribution in [0.5, 0.6) is 0 Å². The highest BCUT2D eigenvalue weighted by Crippen LogP contribution is 2.29. The van der Waals surface area contributed by atoms with E-state index in [1.165, 1.54) is 0 Å². The number of rotatable bonds is 2. The Morgan fingerprint density at radius 2 is 2.10 bits per heavy atom.